The Labute approximate surface area is 113 Å². The van der Waals surface area contributed by atoms with Crippen LogP contribution in [0, 0.1) is 5.82 Å². The van der Waals surface area contributed by atoms with Gasteiger partial charge in [-0.2, -0.15) is 0 Å². The van der Waals surface area contributed by atoms with Crippen LogP contribution in [0.5, 0.6) is 5.75 Å². The van der Waals surface area contributed by atoms with E-state index in [9.17, 15) is 4.39 Å². The summed E-state index contributed by atoms with van der Waals surface area (Å²) in [6.07, 6.45) is 0. The lowest BCUT2D eigenvalue weighted by Crippen LogP contribution is -2.00. The van der Waals surface area contributed by atoms with Gasteiger partial charge in [-0.25, -0.2) is 4.39 Å². The minimum absolute atomic E-state index is 0.100. The first kappa shape index (κ1) is 13.1. The van der Waals surface area contributed by atoms with Crippen LogP contribution < -0.4 is 4.74 Å². The molecule has 0 atom stereocenters. The van der Waals surface area contributed by atoms with E-state index in [1.54, 1.807) is 24.3 Å². The molecule has 94 valence electrons. The Balaban J connectivity index is 2.14. The maximum Gasteiger partial charge on any atom is 0.129 e. The summed E-state index contributed by atoms with van der Waals surface area (Å²) in [4.78, 5) is 0. The predicted octanol–water partition coefficient (Wildman–Crippen LogP) is 3.66. The third-order valence-electron chi connectivity index (χ3n) is 2.53. The molecule has 0 aliphatic rings. The van der Waals surface area contributed by atoms with Crippen molar-refractivity contribution in [3.63, 3.8) is 0 Å². The van der Waals surface area contributed by atoms with Crippen LogP contribution in [0.3, 0.4) is 0 Å². The fourth-order valence-electron chi connectivity index (χ4n) is 1.58. The first-order valence-electron chi connectivity index (χ1n) is 5.46. The normalized spacial score (nSPS) is 10.4. The van der Waals surface area contributed by atoms with Crippen molar-refractivity contribution >= 4 is 15.9 Å². The second-order valence-electron chi connectivity index (χ2n) is 3.79. The molecule has 1 N–H and O–H groups in total. The molecule has 0 aromatic heterocycles. The second kappa shape index (κ2) is 5.98. The Kier molecular flexibility index (Phi) is 4.33. The third kappa shape index (κ3) is 3.09. The van der Waals surface area contributed by atoms with Gasteiger partial charge in [-0.1, -0.05) is 34.1 Å². The highest BCUT2D eigenvalue weighted by molar-refractivity contribution is 9.10. The van der Waals surface area contributed by atoms with Crippen molar-refractivity contribution in [2.24, 2.45) is 0 Å². The zero-order valence-electron chi connectivity index (χ0n) is 9.57. The number of ether oxygens (including phenoxy) is 1. The SMILES string of the molecule is OCc1ccccc1OCc1cc(Br)ccc1F. The van der Waals surface area contributed by atoms with Gasteiger partial charge < -0.3 is 9.84 Å². The molecule has 2 aromatic carbocycles. The van der Waals surface area contributed by atoms with Crippen LogP contribution in [0.4, 0.5) is 4.39 Å². The Morgan fingerprint density at radius 2 is 1.89 bits per heavy atom. The molecule has 2 aromatic rings. The Hall–Kier alpha value is -1.39. The van der Waals surface area contributed by atoms with Gasteiger partial charge in [0.2, 0.25) is 0 Å². The Morgan fingerprint density at radius 1 is 1.11 bits per heavy atom. The van der Waals surface area contributed by atoms with E-state index in [4.69, 9.17) is 9.84 Å². The zero-order valence-corrected chi connectivity index (χ0v) is 11.2. The summed E-state index contributed by atoms with van der Waals surface area (Å²) >= 11 is 3.29. The van der Waals surface area contributed by atoms with Gasteiger partial charge in [-0.15, -0.1) is 0 Å². The van der Waals surface area contributed by atoms with Gasteiger partial charge in [0.15, 0.2) is 0 Å². The van der Waals surface area contributed by atoms with Crippen molar-refractivity contribution in [1.29, 1.82) is 0 Å². The standard InChI is InChI=1S/C14H12BrFO2/c15-12-5-6-13(16)11(7-12)9-18-14-4-2-1-3-10(14)8-17/h1-7,17H,8-9H2. The van der Waals surface area contributed by atoms with Crippen LogP contribution in [0.15, 0.2) is 46.9 Å². The van der Waals surface area contributed by atoms with E-state index >= 15 is 0 Å². The van der Waals surface area contributed by atoms with Gasteiger partial charge in [0.05, 0.1) is 6.61 Å². The van der Waals surface area contributed by atoms with Crippen molar-refractivity contribution in [3.8, 4) is 5.75 Å². The lowest BCUT2D eigenvalue weighted by molar-refractivity contribution is 0.257. The molecular weight excluding hydrogens is 299 g/mol. The number of aliphatic hydroxyl groups is 1. The average molecular weight is 311 g/mol. The van der Waals surface area contributed by atoms with E-state index in [0.29, 0.717) is 16.9 Å². The van der Waals surface area contributed by atoms with Crippen LogP contribution in [0.2, 0.25) is 0 Å². The molecule has 18 heavy (non-hydrogen) atoms. The third-order valence-corrected chi connectivity index (χ3v) is 3.03. The minimum Gasteiger partial charge on any atom is -0.488 e. The molecule has 0 spiro atoms. The van der Waals surface area contributed by atoms with Gasteiger partial charge >= 0.3 is 0 Å². The molecule has 0 fully saturated rings. The van der Waals surface area contributed by atoms with Gasteiger partial charge in [0.25, 0.3) is 0 Å². The van der Waals surface area contributed by atoms with Gasteiger partial charge in [0.1, 0.15) is 18.2 Å². The van der Waals surface area contributed by atoms with Crippen molar-refractivity contribution in [1.82, 2.24) is 0 Å². The fraction of sp³-hybridized carbons (Fsp3) is 0.143. The summed E-state index contributed by atoms with van der Waals surface area (Å²) < 4.78 is 19.8. The van der Waals surface area contributed by atoms with Gasteiger partial charge in [-0.05, 0) is 24.3 Å². The van der Waals surface area contributed by atoms with Crippen molar-refractivity contribution in [3.05, 3.63) is 63.9 Å². The summed E-state index contributed by atoms with van der Waals surface area (Å²) in [6, 6.07) is 11.9. The fourth-order valence-corrected chi connectivity index (χ4v) is 1.99. The maximum absolute atomic E-state index is 13.5. The van der Waals surface area contributed by atoms with Crippen LogP contribution in [0.1, 0.15) is 11.1 Å². The molecule has 0 unspecified atom stereocenters. The number of hydrogen-bond acceptors (Lipinski definition) is 2. The van der Waals surface area contributed by atoms with E-state index in [-0.39, 0.29) is 19.0 Å². The molecule has 0 bridgehead atoms. The summed E-state index contributed by atoms with van der Waals surface area (Å²) in [5.41, 5.74) is 1.16. The van der Waals surface area contributed by atoms with Crippen LogP contribution in [0.25, 0.3) is 0 Å². The largest absolute Gasteiger partial charge is 0.488 e. The summed E-state index contributed by atoms with van der Waals surface area (Å²) in [5.74, 6) is 0.263. The molecule has 0 radical (unpaired) electrons. The van der Waals surface area contributed by atoms with E-state index in [1.165, 1.54) is 6.07 Å². The molecule has 4 heteroatoms. The molecule has 2 rings (SSSR count). The highest BCUT2D eigenvalue weighted by atomic mass is 79.9. The lowest BCUT2D eigenvalue weighted by atomic mass is 10.2. The number of para-hydroxylation sites is 1. The number of benzene rings is 2. The highest BCUT2D eigenvalue weighted by Gasteiger charge is 2.06. The molecule has 2 nitrogen and oxygen atoms in total. The number of rotatable bonds is 4. The van der Waals surface area contributed by atoms with E-state index < -0.39 is 0 Å². The number of hydrogen-bond donors (Lipinski definition) is 1. The van der Waals surface area contributed by atoms with E-state index in [2.05, 4.69) is 15.9 Å². The van der Waals surface area contributed by atoms with Crippen LogP contribution in [-0.2, 0) is 13.2 Å². The molecule has 0 heterocycles. The zero-order chi connectivity index (χ0) is 13.0. The van der Waals surface area contributed by atoms with E-state index in [1.807, 2.05) is 12.1 Å². The predicted molar refractivity (Wildman–Crippen MR) is 70.8 cm³/mol. The van der Waals surface area contributed by atoms with Crippen molar-refractivity contribution in [2.45, 2.75) is 13.2 Å². The van der Waals surface area contributed by atoms with Crippen LogP contribution in [-0.4, -0.2) is 5.11 Å². The molecule has 0 aliphatic carbocycles. The molecule has 0 amide bonds. The van der Waals surface area contributed by atoms with Crippen LogP contribution >= 0.6 is 15.9 Å². The first-order chi connectivity index (χ1) is 8.70. The second-order valence-corrected chi connectivity index (χ2v) is 4.71. The first-order valence-corrected chi connectivity index (χ1v) is 6.25. The van der Waals surface area contributed by atoms with Gasteiger partial charge in [0, 0.05) is 15.6 Å². The maximum atomic E-state index is 13.5. The Morgan fingerprint density at radius 3 is 2.67 bits per heavy atom. The molecule has 0 saturated heterocycles. The monoisotopic (exact) mass is 310 g/mol. The molecule has 0 aliphatic heterocycles. The molecular formula is C14H12BrFO2. The van der Waals surface area contributed by atoms with E-state index in [0.717, 1.165) is 4.47 Å². The highest BCUT2D eigenvalue weighted by Crippen LogP contribution is 2.21. The number of halogens is 2. The van der Waals surface area contributed by atoms with Crippen molar-refractivity contribution in [2.75, 3.05) is 0 Å². The van der Waals surface area contributed by atoms with Crippen molar-refractivity contribution < 1.29 is 14.2 Å². The quantitative estimate of drug-likeness (QED) is 0.934. The summed E-state index contributed by atoms with van der Waals surface area (Å²) in [7, 11) is 0. The smallest absolute Gasteiger partial charge is 0.129 e. The summed E-state index contributed by atoms with van der Waals surface area (Å²) in [5, 5.41) is 9.15. The summed E-state index contributed by atoms with van der Waals surface area (Å²) in [6.45, 7) is 0.0272. The van der Waals surface area contributed by atoms with Gasteiger partial charge in [-0.3, -0.25) is 0 Å². The topological polar surface area (TPSA) is 29.5 Å². The Bertz CT molecular complexity index is 543. The minimum atomic E-state index is -0.306. The molecule has 0 saturated carbocycles. The lowest BCUT2D eigenvalue weighted by Gasteiger charge is -2.10. The number of aliphatic hydroxyl groups excluding tert-OH is 1. The average Bonchev–Trinajstić information content (AvgIpc) is 2.40.